The van der Waals surface area contributed by atoms with Gasteiger partial charge in [0.2, 0.25) is 5.91 Å². The molecule has 0 aliphatic carbocycles. The topological polar surface area (TPSA) is 41.6 Å². The Morgan fingerprint density at radius 1 is 1.15 bits per heavy atom. The molecule has 1 aliphatic rings. The molecule has 0 aromatic heterocycles. The van der Waals surface area contributed by atoms with Crippen LogP contribution in [0.2, 0.25) is 0 Å². The molecule has 5 heteroatoms. The average Bonchev–Trinajstić information content (AvgIpc) is 3.04. The number of carbonyl (C=O) groups is 1. The smallest absolute Gasteiger partial charge is 0.222 e. The molecule has 1 saturated heterocycles. The van der Waals surface area contributed by atoms with Crippen LogP contribution in [0.3, 0.4) is 0 Å². The van der Waals surface area contributed by atoms with Crippen molar-refractivity contribution in [2.75, 3.05) is 20.2 Å². The molecule has 4 nitrogen and oxygen atoms in total. The van der Waals surface area contributed by atoms with Crippen molar-refractivity contribution in [1.29, 1.82) is 0 Å². The van der Waals surface area contributed by atoms with E-state index in [1.165, 1.54) is 6.07 Å². The molecule has 0 radical (unpaired) electrons. The second kappa shape index (κ2) is 9.51. The molecule has 0 saturated carbocycles. The summed E-state index contributed by atoms with van der Waals surface area (Å²) in [5.41, 5.74) is 1.80. The number of rotatable bonds is 9. The number of hydrogen-bond donors (Lipinski definition) is 1. The summed E-state index contributed by atoms with van der Waals surface area (Å²) < 4.78 is 19.1. The van der Waals surface area contributed by atoms with E-state index in [1.807, 2.05) is 35.2 Å². The zero-order chi connectivity index (χ0) is 19.1. The van der Waals surface area contributed by atoms with Crippen LogP contribution in [0.15, 0.2) is 48.5 Å². The van der Waals surface area contributed by atoms with Crippen molar-refractivity contribution in [1.82, 2.24) is 10.2 Å². The van der Waals surface area contributed by atoms with Crippen LogP contribution in [0.25, 0.3) is 0 Å². The molecule has 1 unspecified atom stereocenters. The normalized spacial score (nSPS) is 16.7. The molecule has 2 aromatic carbocycles. The molecular formula is C22H27FN2O2. The first-order valence-corrected chi connectivity index (χ1v) is 9.54. The number of likely N-dealkylation sites (tertiary alicyclic amines) is 1. The molecule has 0 bridgehead atoms. The van der Waals surface area contributed by atoms with Crippen molar-refractivity contribution in [2.45, 2.75) is 38.3 Å². The molecule has 144 valence electrons. The number of hydrogen-bond acceptors (Lipinski definition) is 3. The largest absolute Gasteiger partial charge is 0.496 e. The number of amides is 1. The van der Waals surface area contributed by atoms with Gasteiger partial charge in [0.1, 0.15) is 11.6 Å². The van der Waals surface area contributed by atoms with E-state index in [4.69, 9.17) is 4.74 Å². The Morgan fingerprint density at radius 3 is 2.67 bits per heavy atom. The molecule has 1 heterocycles. The Labute approximate surface area is 160 Å². The molecule has 2 aromatic rings. The van der Waals surface area contributed by atoms with Crippen molar-refractivity contribution in [2.24, 2.45) is 0 Å². The number of nitrogens with zero attached hydrogens (tertiary/aromatic N) is 1. The van der Waals surface area contributed by atoms with E-state index in [1.54, 1.807) is 19.2 Å². The van der Waals surface area contributed by atoms with Crippen LogP contribution in [0, 0.1) is 5.82 Å². The van der Waals surface area contributed by atoms with Crippen LogP contribution < -0.4 is 10.1 Å². The van der Waals surface area contributed by atoms with Crippen molar-refractivity contribution < 1.29 is 13.9 Å². The summed E-state index contributed by atoms with van der Waals surface area (Å²) in [4.78, 5) is 14.3. The lowest BCUT2D eigenvalue weighted by Crippen LogP contribution is -2.36. The van der Waals surface area contributed by atoms with Gasteiger partial charge in [-0.15, -0.1) is 0 Å². The minimum atomic E-state index is -0.181. The van der Waals surface area contributed by atoms with Crippen LogP contribution >= 0.6 is 0 Å². The quantitative estimate of drug-likeness (QED) is 0.687. The summed E-state index contributed by atoms with van der Waals surface area (Å²) in [7, 11) is 1.67. The number of nitrogens with one attached hydrogen (secondary N) is 1. The standard InChI is InChI=1S/C22H27FN2O2/c1-27-21-9-5-3-6-17(21)13-15-25-19(10-11-22(25)26)12-14-24-16-18-7-2-4-8-20(18)23/h2-9,19,24H,10-16H2,1H3. The van der Waals surface area contributed by atoms with Gasteiger partial charge in [0.15, 0.2) is 0 Å². The van der Waals surface area contributed by atoms with Crippen LogP contribution in [-0.4, -0.2) is 37.0 Å². The first-order chi connectivity index (χ1) is 13.2. The molecule has 1 N–H and O–H groups in total. The van der Waals surface area contributed by atoms with E-state index in [9.17, 15) is 9.18 Å². The van der Waals surface area contributed by atoms with Gasteiger partial charge in [-0.1, -0.05) is 36.4 Å². The van der Waals surface area contributed by atoms with Gasteiger partial charge < -0.3 is 15.0 Å². The fourth-order valence-electron chi connectivity index (χ4n) is 3.68. The third-order valence-electron chi connectivity index (χ3n) is 5.19. The maximum atomic E-state index is 13.7. The average molecular weight is 370 g/mol. The highest BCUT2D eigenvalue weighted by molar-refractivity contribution is 5.78. The lowest BCUT2D eigenvalue weighted by Gasteiger charge is -2.25. The fourth-order valence-corrected chi connectivity index (χ4v) is 3.68. The van der Waals surface area contributed by atoms with Gasteiger partial charge in [-0.3, -0.25) is 4.79 Å². The molecule has 1 aliphatic heterocycles. The molecule has 27 heavy (non-hydrogen) atoms. The number of methoxy groups -OCH3 is 1. The number of halogens is 1. The Hall–Kier alpha value is -2.40. The lowest BCUT2D eigenvalue weighted by molar-refractivity contribution is -0.129. The van der Waals surface area contributed by atoms with Crippen LogP contribution in [-0.2, 0) is 17.8 Å². The molecule has 0 spiro atoms. The van der Waals surface area contributed by atoms with E-state index in [-0.39, 0.29) is 17.8 Å². The molecule has 1 atom stereocenters. The monoisotopic (exact) mass is 370 g/mol. The van der Waals surface area contributed by atoms with Crippen molar-refractivity contribution in [3.05, 3.63) is 65.5 Å². The number of para-hydroxylation sites is 1. The van der Waals surface area contributed by atoms with E-state index in [2.05, 4.69) is 5.32 Å². The van der Waals surface area contributed by atoms with Gasteiger partial charge >= 0.3 is 0 Å². The van der Waals surface area contributed by atoms with Gasteiger partial charge in [0.05, 0.1) is 7.11 Å². The SMILES string of the molecule is COc1ccccc1CCN1C(=O)CCC1CCNCc1ccccc1F. The summed E-state index contributed by atoms with van der Waals surface area (Å²) in [5.74, 6) is 0.913. The van der Waals surface area contributed by atoms with Crippen LogP contribution in [0.4, 0.5) is 4.39 Å². The molecular weight excluding hydrogens is 343 g/mol. The minimum absolute atomic E-state index is 0.181. The summed E-state index contributed by atoms with van der Waals surface area (Å²) in [6, 6.07) is 15.0. The van der Waals surface area contributed by atoms with E-state index >= 15 is 0 Å². The minimum Gasteiger partial charge on any atom is -0.496 e. The Bertz CT molecular complexity index is 765. The second-order valence-electron chi connectivity index (χ2n) is 6.90. The van der Waals surface area contributed by atoms with Crippen molar-refractivity contribution >= 4 is 5.91 Å². The number of benzene rings is 2. The summed E-state index contributed by atoms with van der Waals surface area (Å²) >= 11 is 0. The first-order valence-electron chi connectivity index (χ1n) is 9.54. The Balaban J connectivity index is 1.48. The summed E-state index contributed by atoms with van der Waals surface area (Å²) in [6.07, 6.45) is 3.18. The summed E-state index contributed by atoms with van der Waals surface area (Å²) in [5, 5.41) is 3.30. The van der Waals surface area contributed by atoms with Crippen LogP contribution in [0.1, 0.15) is 30.4 Å². The highest BCUT2D eigenvalue weighted by Crippen LogP contribution is 2.24. The van der Waals surface area contributed by atoms with Crippen molar-refractivity contribution in [3.8, 4) is 5.75 Å². The van der Waals surface area contributed by atoms with Gasteiger partial charge in [0.25, 0.3) is 0 Å². The molecule has 3 rings (SSSR count). The number of ether oxygens (including phenoxy) is 1. The predicted molar refractivity (Wildman–Crippen MR) is 104 cm³/mol. The fraction of sp³-hybridized carbons (Fsp3) is 0.409. The first kappa shape index (κ1) is 19.4. The highest BCUT2D eigenvalue weighted by atomic mass is 19.1. The van der Waals surface area contributed by atoms with Crippen molar-refractivity contribution in [3.63, 3.8) is 0 Å². The van der Waals surface area contributed by atoms with E-state index in [0.717, 1.165) is 37.1 Å². The highest BCUT2D eigenvalue weighted by Gasteiger charge is 2.30. The lowest BCUT2D eigenvalue weighted by atomic mass is 10.1. The summed E-state index contributed by atoms with van der Waals surface area (Å²) in [6.45, 7) is 1.98. The molecule has 1 amide bonds. The Morgan fingerprint density at radius 2 is 1.89 bits per heavy atom. The zero-order valence-corrected chi connectivity index (χ0v) is 15.8. The second-order valence-corrected chi connectivity index (χ2v) is 6.90. The van der Waals surface area contributed by atoms with Gasteiger partial charge in [-0.05, 0) is 43.5 Å². The predicted octanol–water partition coefficient (Wildman–Crippen LogP) is 3.55. The van der Waals surface area contributed by atoms with Gasteiger partial charge in [-0.2, -0.15) is 0 Å². The zero-order valence-electron chi connectivity index (χ0n) is 15.8. The number of carbonyl (C=O) groups excluding carboxylic acids is 1. The third kappa shape index (κ3) is 5.07. The van der Waals surface area contributed by atoms with Crippen LogP contribution in [0.5, 0.6) is 5.75 Å². The molecule has 1 fully saturated rings. The van der Waals surface area contributed by atoms with E-state index < -0.39 is 0 Å². The Kier molecular flexibility index (Phi) is 6.82. The maximum absolute atomic E-state index is 13.7. The third-order valence-corrected chi connectivity index (χ3v) is 5.19. The van der Waals surface area contributed by atoms with Gasteiger partial charge in [0, 0.05) is 31.1 Å². The van der Waals surface area contributed by atoms with E-state index in [0.29, 0.717) is 25.1 Å². The van der Waals surface area contributed by atoms with Gasteiger partial charge in [-0.25, -0.2) is 4.39 Å². The maximum Gasteiger partial charge on any atom is 0.222 e.